The van der Waals surface area contributed by atoms with Crippen LogP contribution in [0.5, 0.6) is 5.88 Å². The van der Waals surface area contributed by atoms with Gasteiger partial charge in [-0.2, -0.15) is 0 Å². The third kappa shape index (κ3) is 7.84. The molecule has 0 bridgehead atoms. The van der Waals surface area contributed by atoms with Crippen LogP contribution in [-0.4, -0.2) is 77.2 Å². The average molecular weight is 687 g/mol. The van der Waals surface area contributed by atoms with Gasteiger partial charge in [-0.1, -0.05) is 54.1 Å². The fourth-order valence-electron chi connectivity index (χ4n) is 5.44. The summed E-state index contributed by atoms with van der Waals surface area (Å²) in [6, 6.07) is 11.8. The lowest BCUT2D eigenvalue weighted by Gasteiger charge is -2.39. The van der Waals surface area contributed by atoms with E-state index in [9.17, 15) is 19.4 Å². The van der Waals surface area contributed by atoms with Crippen LogP contribution in [-0.2, 0) is 30.0 Å². The van der Waals surface area contributed by atoms with Gasteiger partial charge in [0, 0.05) is 43.0 Å². The maximum absolute atomic E-state index is 14.1. The number of amides is 1. The van der Waals surface area contributed by atoms with E-state index < -0.39 is 29.0 Å². The van der Waals surface area contributed by atoms with E-state index >= 15 is 0 Å². The molecule has 1 aromatic carbocycles. The molecule has 13 heteroatoms. The maximum atomic E-state index is 14.1. The average Bonchev–Trinajstić information content (AvgIpc) is 3.80. The van der Waals surface area contributed by atoms with Crippen molar-refractivity contribution >= 4 is 34.7 Å². The fourth-order valence-corrected chi connectivity index (χ4v) is 6.12. The molecule has 5 rings (SSSR count). The number of aliphatic hydroxyl groups excluding tert-OH is 2. The number of nitrogens with one attached hydrogen (secondary N) is 3. The zero-order valence-corrected chi connectivity index (χ0v) is 27.6. The van der Waals surface area contributed by atoms with Crippen molar-refractivity contribution in [2.75, 3.05) is 27.4 Å². The fraction of sp³-hybridized carbons (Fsp3) is 0.382. The molecule has 5 N–H and O–H groups in total. The molecule has 0 aliphatic heterocycles. The SMILES string of the molecule is COCc1cc(C(=O)NC2(c3ccc(CNC(CO)CO)c(OC)n3)C=CC=C(c3ccccc3Cl)C2Cl)ncc1CN[C@@H]1C[C@@H]1F. The number of carbonyl (C=O) groups is 1. The van der Waals surface area contributed by atoms with E-state index in [0.717, 1.165) is 11.1 Å². The molecule has 2 heterocycles. The van der Waals surface area contributed by atoms with Crippen LogP contribution in [0.1, 0.15) is 44.9 Å². The van der Waals surface area contributed by atoms with E-state index in [1.54, 1.807) is 49.7 Å². The van der Waals surface area contributed by atoms with Gasteiger partial charge < -0.3 is 35.6 Å². The Bertz CT molecular complexity index is 1640. The maximum Gasteiger partial charge on any atom is 0.270 e. The molecule has 1 amide bonds. The number of hydrogen-bond acceptors (Lipinski definition) is 9. The van der Waals surface area contributed by atoms with Crippen LogP contribution in [0.3, 0.4) is 0 Å². The Labute approximate surface area is 283 Å². The van der Waals surface area contributed by atoms with Crippen molar-refractivity contribution in [1.29, 1.82) is 0 Å². The zero-order chi connectivity index (χ0) is 33.6. The first-order valence-electron chi connectivity index (χ1n) is 15.2. The van der Waals surface area contributed by atoms with Gasteiger partial charge in [-0.3, -0.25) is 9.78 Å². The van der Waals surface area contributed by atoms with Crippen LogP contribution in [0.2, 0.25) is 5.02 Å². The summed E-state index contributed by atoms with van der Waals surface area (Å²) in [5.41, 5.74) is 2.72. The largest absolute Gasteiger partial charge is 0.481 e. The molecular weight excluding hydrogens is 648 g/mol. The predicted octanol–water partition coefficient (Wildman–Crippen LogP) is 3.81. The Morgan fingerprint density at radius 1 is 1.13 bits per heavy atom. The molecule has 1 saturated carbocycles. The van der Waals surface area contributed by atoms with Crippen LogP contribution < -0.4 is 20.7 Å². The number of carbonyl (C=O) groups excluding carboxylic acids is 1. The molecule has 47 heavy (non-hydrogen) atoms. The number of aromatic nitrogens is 2. The van der Waals surface area contributed by atoms with Gasteiger partial charge in [0.1, 0.15) is 17.4 Å². The highest BCUT2D eigenvalue weighted by Crippen LogP contribution is 2.43. The first kappa shape index (κ1) is 34.9. The van der Waals surface area contributed by atoms with Crippen molar-refractivity contribution in [3.05, 3.63) is 106 Å². The van der Waals surface area contributed by atoms with E-state index in [2.05, 4.69) is 20.9 Å². The zero-order valence-electron chi connectivity index (χ0n) is 26.1. The highest BCUT2D eigenvalue weighted by atomic mass is 35.5. The number of ether oxygens (including phenoxy) is 2. The summed E-state index contributed by atoms with van der Waals surface area (Å²) in [7, 11) is 3.04. The quantitative estimate of drug-likeness (QED) is 0.151. The molecule has 250 valence electrons. The van der Waals surface area contributed by atoms with E-state index in [4.69, 9.17) is 37.7 Å². The Morgan fingerprint density at radius 2 is 1.89 bits per heavy atom. The lowest BCUT2D eigenvalue weighted by molar-refractivity contribution is 0.0910. The van der Waals surface area contributed by atoms with Crippen molar-refractivity contribution < 1.29 is 28.9 Å². The van der Waals surface area contributed by atoms with Gasteiger partial charge in [0.05, 0.1) is 44.0 Å². The van der Waals surface area contributed by atoms with Crippen LogP contribution in [0.25, 0.3) is 5.57 Å². The molecule has 0 saturated heterocycles. The van der Waals surface area contributed by atoms with Gasteiger partial charge in [0.25, 0.3) is 5.91 Å². The van der Waals surface area contributed by atoms with Gasteiger partial charge in [-0.05, 0) is 46.9 Å². The summed E-state index contributed by atoms with van der Waals surface area (Å²) in [6.07, 6.45) is 6.65. The summed E-state index contributed by atoms with van der Waals surface area (Å²) >= 11 is 13.9. The number of methoxy groups -OCH3 is 2. The number of alkyl halides is 2. The molecule has 0 spiro atoms. The van der Waals surface area contributed by atoms with Crippen LogP contribution in [0.15, 0.2) is 66.9 Å². The minimum Gasteiger partial charge on any atom is -0.481 e. The summed E-state index contributed by atoms with van der Waals surface area (Å²) in [4.78, 5) is 23.3. The van der Waals surface area contributed by atoms with Crippen molar-refractivity contribution in [3.8, 4) is 5.88 Å². The van der Waals surface area contributed by atoms with Crippen LogP contribution in [0, 0.1) is 0 Å². The van der Waals surface area contributed by atoms with E-state index in [0.29, 0.717) is 40.4 Å². The second-order valence-corrected chi connectivity index (χ2v) is 12.3. The summed E-state index contributed by atoms with van der Waals surface area (Å²) < 4.78 is 24.5. The van der Waals surface area contributed by atoms with Gasteiger partial charge in [-0.15, -0.1) is 11.6 Å². The second-order valence-electron chi connectivity index (χ2n) is 11.5. The Balaban J connectivity index is 1.51. The number of halogens is 3. The highest BCUT2D eigenvalue weighted by Gasteiger charge is 2.45. The standard InChI is InChI=1S/C34H38Cl2FN5O5/c1-46-19-21-12-29(40-16-22(21)15-39-28-13-27(28)37)32(45)42-34(11-5-7-25(31(34)36)24-6-3-4-8-26(24)35)30-10-9-20(33(41-30)47-2)14-38-23(17-43)18-44/h3-12,16,23,27-28,31,38-39,43-44H,13-15,17-19H2,1-2H3,(H,42,45)/t27-,28+,31?,34?/m0/s1. The van der Waals surface area contributed by atoms with Crippen LogP contribution in [0.4, 0.5) is 4.39 Å². The lowest BCUT2D eigenvalue weighted by atomic mass is 9.80. The molecular formula is C34H38Cl2FN5O5. The van der Waals surface area contributed by atoms with Crippen molar-refractivity contribution in [2.45, 2.75) is 55.3 Å². The van der Waals surface area contributed by atoms with E-state index in [-0.39, 0.29) is 44.0 Å². The molecule has 10 nitrogen and oxygen atoms in total. The lowest BCUT2D eigenvalue weighted by Crippen LogP contribution is -2.52. The normalized spacial score (nSPS) is 21.9. The van der Waals surface area contributed by atoms with Crippen LogP contribution >= 0.6 is 23.2 Å². The number of aliphatic hydroxyl groups is 2. The molecule has 2 unspecified atom stereocenters. The summed E-state index contributed by atoms with van der Waals surface area (Å²) in [5.74, 6) is -0.239. The monoisotopic (exact) mass is 685 g/mol. The molecule has 4 atom stereocenters. The molecule has 2 aliphatic rings. The molecule has 2 aromatic heterocycles. The van der Waals surface area contributed by atoms with Gasteiger partial charge >= 0.3 is 0 Å². The number of nitrogens with zero attached hydrogens (tertiary/aromatic N) is 2. The Morgan fingerprint density at radius 3 is 2.57 bits per heavy atom. The Kier molecular flexibility index (Phi) is 11.6. The van der Waals surface area contributed by atoms with Gasteiger partial charge in [-0.25, -0.2) is 9.37 Å². The van der Waals surface area contributed by atoms with E-state index in [1.807, 2.05) is 24.3 Å². The predicted molar refractivity (Wildman–Crippen MR) is 178 cm³/mol. The first-order chi connectivity index (χ1) is 22.7. The topological polar surface area (TPSA) is 138 Å². The third-order valence-corrected chi connectivity index (χ3v) is 9.18. The Hall–Kier alpha value is -3.42. The molecule has 2 aliphatic carbocycles. The number of pyridine rings is 2. The molecule has 3 aromatic rings. The minimum absolute atomic E-state index is 0.132. The number of benzene rings is 1. The number of allylic oxidation sites excluding steroid dienone is 2. The van der Waals surface area contributed by atoms with Crippen molar-refractivity contribution in [2.24, 2.45) is 0 Å². The van der Waals surface area contributed by atoms with Crippen molar-refractivity contribution in [3.63, 3.8) is 0 Å². The second kappa shape index (κ2) is 15.7. The summed E-state index contributed by atoms with van der Waals surface area (Å²) in [5, 5.41) is 27.9. The smallest absolute Gasteiger partial charge is 0.270 e. The van der Waals surface area contributed by atoms with E-state index in [1.165, 1.54) is 7.11 Å². The first-order valence-corrected chi connectivity index (χ1v) is 16.0. The third-order valence-electron chi connectivity index (χ3n) is 8.27. The van der Waals surface area contributed by atoms with Crippen molar-refractivity contribution in [1.82, 2.24) is 25.9 Å². The van der Waals surface area contributed by atoms with Gasteiger partial charge in [0.2, 0.25) is 5.88 Å². The highest BCUT2D eigenvalue weighted by molar-refractivity contribution is 6.34. The number of hydrogen-bond donors (Lipinski definition) is 5. The number of rotatable bonds is 15. The van der Waals surface area contributed by atoms with Gasteiger partial charge in [0.15, 0.2) is 0 Å². The summed E-state index contributed by atoms with van der Waals surface area (Å²) in [6.45, 7) is 0.390. The minimum atomic E-state index is -1.38. The molecule has 0 radical (unpaired) electrons. The molecule has 1 fully saturated rings.